The van der Waals surface area contributed by atoms with E-state index < -0.39 is 17.8 Å². The van der Waals surface area contributed by atoms with Gasteiger partial charge in [0.05, 0.1) is 6.61 Å². The van der Waals surface area contributed by atoms with Gasteiger partial charge < -0.3 is 20.1 Å². The molecule has 0 aliphatic heterocycles. The van der Waals surface area contributed by atoms with Crippen molar-refractivity contribution in [3.8, 4) is 5.75 Å². The van der Waals surface area contributed by atoms with Crippen molar-refractivity contribution in [3.63, 3.8) is 0 Å². The highest BCUT2D eigenvalue weighted by atomic mass is 19.1. The Balaban J connectivity index is 1.35. The Morgan fingerprint density at radius 3 is 2.30 bits per heavy atom. The van der Waals surface area contributed by atoms with Gasteiger partial charge in [0.15, 0.2) is 5.78 Å². The van der Waals surface area contributed by atoms with E-state index in [4.69, 9.17) is 4.74 Å². The summed E-state index contributed by atoms with van der Waals surface area (Å²) >= 11 is 0. The smallest absolute Gasteiger partial charge is 0.326 e. The number of carboxylic acid groups (broad SMARTS) is 1. The molecule has 1 atom stereocenters. The van der Waals surface area contributed by atoms with Gasteiger partial charge in [-0.3, -0.25) is 9.59 Å². The fourth-order valence-corrected chi connectivity index (χ4v) is 4.53. The summed E-state index contributed by atoms with van der Waals surface area (Å²) in [5.41, 5.74) is 2.92. The number of rotatable bonds is 14. The quantitative estimate of drug-likeness (QED) is 0.0999. The number of carboxylic acids is 1. The molecule has 0 heterocycles. The van der Waals surface area contributed by atoms with E-state index in [1.807, 2.05) is 6.07 Å². The van der Waals surface area contributed by atoms with Gasteiger partial charge in [-0.1, -0.05) is 67.2 Å². The van der Waals surface area contributed by atoms with Crippen molar-refractivity contribution >= 4 is 29.0 Å². The minimum Gasteiger partial charge on any atom is -0.494 e. The molecule has 0 radical (unpaired) electrons. The lowest BCUT2D eigenvalue weighted by molar-refractivity contribution is -0.137. The number of anilines is 2. The van der Waals surface area contributed by atoms with Crippen molar-refractivity contribution in [2.45, 2.75) is 25.8 Å². The maximum absolute atomic E-state index is 13.7. The lowest BCUT2D eigenvalue weighted by Crippen LogP contribution is -2.33. The molecule has 4 aromatic carbocycles. The highest BCUT2D eigenvalue weighted by Crippen LogP contribution is 2.22. The highest BCUT2D eigenvalue weighted by molar-refractivity contribution is 6.12. The summed E-state index contributed by atoms with van der Waals surface area (Å²) in [7, 11) is 0. The molecule has 0 saturated carbocycles. The molecule has 1 amide bonds. The second kappa shape index (κ2) is 14.6. The number of ether oxygens (including phenoxy) is 1. The summed E-state index contributed by atoms with van der Waals surface area (Å²) in [6, 6.07) is 27.7. The van der Waals surface area contributed by atoms with E-state index in [0.29, 0.717) is 53.4 Å². The van der Waals surface area contributed by atoms with Gasteiger partial charge in [0.2, 0.25) is 0 Å². The molecule has 43 heavy (non-hydrogen) atoms. The summed E-state index contributed by atoms with van der Waals surface area (Å²) in [5, 5.41) is 13.0. The number of carbonyl (C=O) groups is 3. The first-order valence-corrected chi connectivity index (χ1v) is 13.9. The molecule has 4 aromatic rings. The minimum atomic E-state index is -1.05. The number of benzene rings is 4. The Morgan fingerprint density at radius 1 is 0.930 bits per heavy atom. The van der Waals surface area contributed by atoms with Crippen LogP contribution in [-0.2, 0) is 16.0 Å². The molecule has 7 nitrogen and oxygen atoms in total. The number of halogens is 1. The van der Waals surface area contributed by atoms with Crippen LogP contribution in [0, 0.1) is 5.82 Å². The predicted molar refractivity (Wildman–Crippen MR) is 165 cm³/mol. The van der Waals surface area contributed by atoms with E-state index >= 15 is 0 Å². The lowest BCUT2D eigenvalue weighted by Gasteiger charge is -2.23. The summed E-state index contributed by atoms with van der Waals surface area (Å²) in [6.45, 7) is 5.94. The van der Waals surface area contributed by atoms with Crippen LogP contribution in [0.1, 0.15) is 34.8 Å². The fraction of sp³-hybridized carbons (Fsp3) is 0.171. The molecule has 4 rings (SSSR count). The van der Waals surface area contributed by atoms with Gasteiger partial charge in [-0.15, -0.1) is 0 Å². The molecule has 0 saturated heterocycles. The second-order valence-electron chi connectivity index (χ2n) is 10.0. The number of ketones is 1. The topological polar surface area (TPSA) is 95.9 Å². The van der Waals surface area contributed by atoms with Crippen molar-refractivity contribution in [3.05, 3.63) is 138 Å². The van der Waals surface area contributed by atoms with Gasteiger partial charge in [0, 0.05) is 41.0 Å². The number of carbonyl (C=O) groups excluding carboxylic acids is 2. The molecule has 8 heteroatoms. The molecule has 0 aromatic heterocycles. The van der Waals surface area contributed by atoms with Crippen LogP contribution in [0.4, 0.5) is 15.8 Å². The maximum Gasteiger partial charge on any atom is 0.326 e. The standard InChI is InChI=1S/C35H33FN2O5/c1-24(2)34(40)38(28-13-8-12-27(36)23-28)20-9-21-43-29-18-16-25(17-19-29)22-32(35(41)42)37-31-15-7-6-14-30(31)33(39)26-10-4-3-5-11-26/h3-8,10-19,23,32,37H,1,9,20-22H2,2H3,(H,41,42)/t32-/m0/s1. The average molecular weight is 581 g/mol. The number of amides is 1. The monoisotopic (exact) mass is 580 g/mol. The lowest BCUT2D eigenvalue weighted by atomic mass is 10.00. The Bertz CT molecular complexity index is 1590. The molecule has 220 valence electrons. The van der Waals surface area contributed by atoms with E-state index in [2.05, 4.69) is 11.9 Å². The molecule has 0 spiro atoms. The van der Waals surface area contributed by atoms with Crippen molar-refractivity contribution < 1.29 is 28.6 Å². The number of hydrogen-bond acceptors (Lipinski definition) is 5. The number of para-hydroxylation sites is 1. The average Bonchev–Trinajstić information content (AvgIpc) is 3.01. The SMILES string of the molecule is C=C(C)C(=O)N(CCCOc1ccc(C[C@H](Nc2ccccc2C(=O)c2ccccc2)C(=O)O)cc1)c1cccc(F)c1. The van der Waals surface area contributed by atoms with Gasteiger partial charge in [-0.25, -0.2) is 9.18 Å². The van der Waals surface area contributed by atoms with Crippen molar-refractivity contribution in [2.24, 2.45) is 0 Å². The Labute approximate surface area is 250 Å². The summed E-state index contributed by atoms with van der Waals surface area (Å²) in [4.78, 5) is 39.3. The normalized spacial score (nSPS) is 11.3. The summed E-state index contributed by atoms with van der Waals surface area (Å²) in [5.74, 6) is -1.38. The van der Waals surface area contributed by atoms with Crippen LogP contribution in [0.2, 0.25) is 0 Å². The van der Waals surface area contributed by atoms with Crippen molar-refractivity contribution in [2.75, 3.05) is 23.4 Å². The third-order valence-electron chi connectivity index (χ3n) is 6.72. The van der Waals surface area contributed by atoms with E-state index in [9.17, 15) is 23.9 Å². The zero-order valence-electron chi connectivity index (χ0n) is 23.8. The first-order chi connectivity index (χ1) is 20.7. The van der Waals surface area contributed by atoms with E-state index in [-0.39, 0.29) is 18.1 Å². The van der Waals surface area contributed by atoms with Crippen LogP contribution in [-0.4, -0.2) is 42.0 Å². The Morgan fingerprint density at radius 2 is 1.63 bits per heavy atom. The number of aliphatic carboxylic acids is 1. The first-order valence-electron chi connectivity index (χ1n) is 13.9. The molecular weight excluding hydrogens is 547 g/mol. The molecule has 0 unspecified atom stereocenters. The molecule has 0 aliphatic carbocycles. The third kappa shape index (κ3) is 8.39. The number of hydrogen-bond donors (Lipinski definition) is 2. The van der Waals surface area contributed by atoms with Gasteiger partial charge in [-0.2, -0.15) is 0 Å². The molecule has 2 N–H and O–H groups in total. The molecular formula is C35H33FN2O5. The largest absolute Gasteiger partial charge is 0.494 e. The zero-order chi connectivity index (χ0) is 30.8. The van der Waals surface area contributed by atoms with Gasteiger partial charge >= 0.3 is 5.97 Å². The minimum absolute atomic E-state index is 0.176. The molecule has 0 aliphatic rings. The van der Waals surface area contributed by atoms with E-state index in [0.717, 1.165) is 5.56 Å². The van der Waals surface area contributed by atoms with Gasteiger partial charge in [0.25, 0.3) is 5.91 Å². The van der Waals surface area contributed by atoms with Crippen LogP contribution in [0.25, 0.3) is 0 Å². The first kappa shape index (κ1) is 30.7. The number of nitrogens with zero attached hydrogens (tertiary/aromatic N) is 1. The van der Waals surface area contributed by atoms with Crippen molar-refractivity contribution in [1.29, 1.82) is 0 Å². The van der Waals surface area contributed by atoms with Crippen LogP contribution in [0.5, 0.6) is 5.75 Å². The van der Waals surface area contributed by atoms with Crippen molar-refractivity contribution in [1.82, 2.24) is 0 Å². The maximum atomic E-state index is 13.7. The third-order valence-corrected chi connectivity index (χ3v) is 6.72. The van der Waals surface area contributed by atoms with Gasteiger partial charge in [-0.05, 0) is 61.4 Å². The second-order valence-corrected chi connectivity index (χ2v) is 10.0. The zero-order valence-corrected chi connectivity index (χ0v) is 23.8. The number of nitrogens with one attached hydrogen (secondary N) is 1. The molecule has 0 fully saturated rings. The predicted octanol–water partition coefficient (Wildman–Crippen LogP) is 6.54. The highest BCUT2D eigenvalue weighted by Gasteiger charge is 2.21. The summed E-state index contributed by atoms with van der Waals surface area (Å²) < 4.78 is 19.6. The summed E-state index contributed by atoms with van der Waals surface area (Å²) in [6.07, 6.45) is 0.665. The Kier molecular flexibility index (Phi) is 10.4. The molecule has 0 bridgehead atoms. The van der Waals surface area contributed by atoms with Gasteiger partial charge in [0.1, 0.15) is 17.6 Å². The van der Waals surface area contributed by atoms with Crippen LogP contribution >= 0.6 is 0 Å². The fourth-order valence-electron chi connectivity index (χ4n) is 4.53. The Hall–Kier alpha value is -5.24. The van der Waals surface area contributed by atoms with Crippen LogP contribution in [0.15, 0.2) is 115 Å². The van der Waals surface area contributed by atoms with Crippen LogP contribution < -0.4 is 15.0 Å². The van der Waals surface area contributed by atoms with E-state index in [1.165, 1.54) is 17.0 Å². The van der Waals surface area contributed by atoms with Crippen LogP contribution in [0.3, 0.4) is 0 Å². The van der Waals surface area contributed by atoms with E-state index in [1.54, 1.807) is 91.9 Å².